The van der Waals surface area contributed by atoms with E-state index in [4.69, 9.17) is 0 Å². The lowest BCUT2D eigenvalue weighted by molar-refractivity contribution is 0.742. The quantitative estimate of drug-likeness (QED) is 0.636. The van der Waals surface area contributed by atoms with Crippen LogP contribution in [0.25, 0.3) is 15.7 Å². The summed E-state index contributed by atoms with van der Waals surface area (Å²) in [7, 11) is 0. The largest absolute Gasteiger partial charge is 0.144 e. The van der Waals surface area contributed by atoms with Gasteiger partial charge in [-0.25, -0.2) is 0 Å². The molecule has 0 saturated heterocycles. The van der Waals surface area contributed by atoms with Crippen molar-refractivity contribution in [3.63, 3.8) is 0 Å². The lowest BCUT2D eigenvalue weighted by Crippen LogP contribution is -1.91. The lowest BCUT2D eigenvalue weighted by Gasteiger charge is -2.13. The maximum absolute atomic E-state index is 2.43. The van der Waals surface area contributed by atoms with Gasteiger partial charge in [-0.2, -0.15) is 0 Å². The minimum Gasteiger partial charge on any atom is -0.144 e. The van der Waals surface area contributed by atoms with Gasteiger partial charge >= 0.3 is 0 Å². The fourth-order valence-corrected chi connectivity index (χ4v) is 3.17. The molecule has 1 aromatic heterocycles. The Morgan fingerprint density at radius 3 is 2.93 bits per heavy atom. The van der Waals surface area contributed by atoms with Crippen LogP contribution in [0.1, 0.15) is 31.2 Å². The normalized spacial score (nSPS) is 16.7. The molecule has 1 heterocycles. The first-order valence-electron chi connectivity index (χ1n) is 5.61. The van der Waals surface area contributed by atoms with Crippen molar-refractivity contribution in [2.75, 3.05) is 0 Å². The minimum absolute atomic E-state index is 1.26. The molecular formula is C14H14S. The Bertz CT molecular complexity index is 505. The molecule has 0 atom stereocenters. The molecule has 0 amide bonds. The fraction of sp³-hybridized carbons (Fsp3) is 0.286. The van der Waals surface area contributed by atoms with Crippen LogP contribution in [0.2, 0.25) is 0 Å². The summed E-state index contributed by atoms with van der Waals surface area (Å²) in [6.45, 7) is 0. The molecule has 15 heavy (non-hydrogen) atoms. The highest BCUT2D eigenvalue weighted by Crippen LogP contribution is 2.33. The highest BCUT2D eigenvalue weighted by atomic mass is 32.1. The number of allylic oxidation sites excluding steroid dienone is 2. The van der Waals surface area contributed by atoms with E-state index in [-0.39, 0.29) is 0 Å². The number of hydrogen-bond donors (Lipinski definition) is 0. The molecule has 0 N–H and O–H groups in total. The summed E-state index contributed by atoms with van der Waals surface area (Å²) in [5, 5.41) is 3.63. The smallest absolute Gasteiger partial charge is 0.0348 e. The molecule has 0 unspecified atom stereocenters. The predicted octanol–water partition coefficient (Wildman–Crippen LogP) is 4.86. The number of benzene rings is 1. The fourth-order valence-electron chi connectivity index (χ4n) is 2.36. The second-order valence-corrected chi connectivity index (χ2v) is 5.06. The lowest BCUT2D eigenvalue weighted by atomic mass is 9.92. The van der Waals surface area contributed by atoms with Crippen molar-refractivity contribution >= 4 is 27.0 Å². The molecule has 0 fully saturated rings. The zero-order valence-corrected chi connectivity index (χ0v) is 9.52. The Balaban J connectivity index is 2.17. The van der Waals surface area contributed by atoms with Crippen LogP contribution in [-0.4, -0.2) is 0 Å². The molecule has 2 aromatic rings. The molecular weight excluding hydrogens is 200 g/mol. The van der Waals surface area contributed by atoms with E-state index in [1.807, 2.05) is 11.3 Å². The Morgan fingerprint density at radius 1 is 1.07 bits per heavy atom. The third-order valence-corrected chi connectivity index (χ3v) is 4.01. The van der Waals surface area contributed by atoms with E-state index in [1.54, 1.807) is 5.57 Å². The first-order valence-corrected chi connectivity index (χ1v) is 6.49. The van der Waals surface area contributed by atoms with Gasteiger partial charge in [-0.1, -0.05) is 18.2 Å². The number of hydrogen-bond acceptors (Lipinski definition) is 1. The molecule has 3 rings (SSSR count). The van der Waals surface area contributed by atoms with Crippen LogP contribution in [0.4, 0.5) is 0 Å². The molecule has 0 nitrogen and oxygen atoms in total. The van der Waals surface area contributed by atoms with Crippen LogP contribution in [-0.2, 0) is 0 Å². The van der Waals surface area contributed by atoms with Crippen LogP contribution in [0.5, 0.6) is 0 Å². The van der Waals surface area contributed by atoms with E-state index in [0.717, 1.165) is 0 Å². The average molecular weight is 214 g/mol. The first-order chi connectivity index (χ1) is 7.45. The van der Waals surface area contributed by atoms with Crippen LogP contribution in [0, 0.1) is 0 Å². The topological polar surface area (TPSA) is 0 Å². The molecule has 0 aliphatic heterocycles. The SMILES string of the molecule is C1=C(c2cccc3sccc23)CCCC1. The van der Waals surface area contributed by atoms with Gasteiger partial charge < -0.3 is 0 Å². The third-order valence-electron chi connectivity index (χ3n) is 3.13. The van der Waals surface area contributed by atoms with Gasteiger partial charge in [0, 0.05) is 4.70 Å². The van der Waals surface area contributed by atoms with Gasteiger partial charge in [-0.05, 0) is 59.7 Å². The van der Waals surface area contributed by atoms with Crippen molar-refractivity contribution < 1.29 is 0 Å². The van der Waals surface area contributed by atoms with Gasteiger partial charge in [0.1, 0.15) is 0 Å². The van der Waals surface area contributed by atoms with Crippen LogP contribution in [0.15, 0.2) is 35.7 Å². The van der Waals surface area contributed by atoms with Crippen molar-refractivity contribution in [3.8, 4) is 0 Å². The average Bonchev–Trinajstić information content (AvgIpc) is 2.78. The van der Waals surface area contributed by atoms with Crippen molar-refractivity contribution in [3.05, 3.63) is 41.3 Å². The molecule has 1 aliphatic rings. The molecule has 76 valence electrons. The van der Waals surface area contributed by atoms with Gasteiger partial charge in [0.15, 0.2) is 0 Å². The Kier molecular flexibility index (Phi) is 2.34. The first kappa shape index (κ1) is 9.17. The van der Waals surface area contributed by atoms with Crippen molar-refractivity contribution in [1.82, 2.24) is 0 Å². The number of rotatable bonds is 1. The maximum Gasteiger partial charge on any atom is 0.0348 e. The Hall–Kier alpha value is -1.08. The zero-order chi connectivity index (χ0) is 10.1. The number of thiophene rings is 1. The van der Waals surface area contributed by atoms with Gasteiger partial charge in [0.2, 0.25) is 0 Å². The van der Waals surface area contributed by atoms with Gasteiger partial charge in [-0.15, -0.1) is 11.3 Å². The van der Waals surface area contributed by atoms with Crippen LogP contribution in [0.3, 0.4) is 0 Å². The van der Waals surface area contributed by atoms with E-state index in [0.29, 0.717) is 0 Å². The van der Waals surface area contributed by atoms with E-state index in [1.165, 1.54) is 41.3 Å². The van der Waals surface area contributed by atoms with Crippen molar-refractivity contribution in [2.45, 2.75) is 25.7 Å². The molecule has 0 bridgehead atoms. The zero-order valence-electron chi connectivity index (χ0n) is 8.70. The summed E-state index contributed by atoms with van der Waals surface area (Å²) >= 11 is 1.84. The van der Waals surface area contributed by atoms with Crippen molar-refractivity contribution in [2.24, 2.45) is 0 Å². The Labute approximate surface area is 94.2 Å². The van der Waals surface area contributed by atoms with E-state index < -0.39 is 0 Å². The summed E-state index contributed by atoms with van der Waals surface area (Å²) < 4.78 is 1.42. The van der Waals surface area contributed by atoms with E-state index >= 15 is 0 Å². The molecule has 0 radical (unpaired) electrons. The Morgan fingerprint density at radius 2 is 2.07 bits per heavy atom. The summed E-state index contributed by atoms with van der Waals surface area (Å²) in [6.07, 6.45) is 7.66. The van der Waals surface area contributed by atoms with Crippen LogP contribution >= 0.6 is 11.3 Å². The highest BCUT2D eigenvalue weighted by molar-refractivity contribution is 7.17. The van der Waals surface area contributed by atoms with Gasteiger partial charge in [-0.3, -0.25) is 0 Å². The maximum atomic E-state index is 2.43. The summed E-state index contributed by atoms with van der Waals surface area (Å²) in [4.78, 5) is 0. The molecule has 0 saturated carbocycles. The monoisotopic (exact) mass is 214 g/mol. The number of fused-ring (bicyclic) bond motifs is 1. The van der Waals surface area contributed by atoms with E-state index in [2.05, 4.69) is 35.7 Å². The van der Waals surface area contributed by atoms with Gasteiger partial charge in [0.25, 0.3) is 0 Å². The summed E-state index contributed by atoms with van der Waals surface area (Å²) in [6, 6.07) is 8.92. The second kappa shape index (κ2) is 3.82. The van der Waals surface area contributed by atoms with Crippen molar-refractivity contribution in [1.29, 1.82) is 0 Å². The molecule has 1 aromatic carbocycles. The second-order valence-electron chi connectivity index (χ2n) is 4.11. The third kappa shape index (κ3) is 1.61. The van der Waals surface area contributed by atoms with Gasteiger partial charge in [0.05, 0.1) is 0 Å². The predicted molar refractivity (Wildman–Crippen MR) is 68.3 cm³/mol. The molecule has 0 spiro atoms. The summed E-state index contributed by atoms with van der Waals surface area (Å²) in [5.41, 5.74) is 3.03. The highest BCUT2D eigenvalue weighted by Gasteiger charge is 2.09. The standard InChI is InChI=1S/C14H14S/c1-2-5-11(6-3-1)12-7-4-8-14-13(12)9-10-15-14/h4-5,7-10H,1-3,6H2. The van der Waals surface area contributed by atoms with Crippen LogP contribution < -0.4 is 0 Å². The minimum atomic E-state index is 1.26. The molecule has 1 aliphatic carbocycles. The van der Waals surface area contributed by atoms with E-state index in [9.17, 15) is 0 Å². The summed E-state index contributed by atoms with van der Waals surface area (Å²) in [5.74, 6) is 0. The molecule has 1 heteroatoms.